The lowest BCUT2D eigenvalue weighted by Crippen LogP contribution is -2.52. The summed E-state index contributed by atoms with van der Waals surface area (Å²) in [6.07, 6.45) is 1.10. The first kappa shape index (κ1) is 14.4. The predicted molar refractivity (Wildman–Crippen MR) is 84.4 cm³/mol. The van der Waals surface area contributed by atoms with Gasteiger partial charge in [-0.2, -0.15) is 11.8 Å². The van der Waals surface area contributed by atoms with Gasteiger partial charge in [0.25, 0.3) is 0 Å². The predicted octanol–water partition coefficient (Wildman–Crippen LogP) is 2.63. The molecule has 0 bridgehead atoms. The third kappa shape index (κ3) is 3.73. The van der Waals surface area contributed by atoms with E-state index in [1.807, 2.05) is 0 Å². The van der Waals surface area contributed by atoms with Crippen LogP contribution in [0.2, 0.25) is 0 Å². The van der Waals surface area contributed by atoms with Crippen molar-refractivity contribution in [1.82, 2.24) is 10.2 Å². The summed E-state index contributed by atoms with van der Waals surface area (Å²) in [6.45, 7) is 1.20. The summed E-state index contributed by atoms with van der Waals surface area (Å²) >= 11 is 5.56. The lowest BCUT2D eigenvalue weighted by Gasteiger charge is -2.37. The van der Waals surface area contributed by atoms with Crippen LogP contribution in [0.25, 0.3) is 0 Å². The fraction of sp³-hybridized carbons (Fsp3) is 0.571. The van der Waals surface area contributed by atoms with Crippen LogP contribution in [0, 0.1) is 0 Å². The molecule has 1 aromatic carbocycles. The van der Waals surface area contributed by atoms with E-state index in [-0.39, 0.29) is 0 Å². The van der Waals surface area contributed by atoms with Gasteiger partial charge in [-0.3, -0.25) is 0 Å². The van der Waals surface area contributed by atoms with Gasteiger partial charge < -0.3 is 10.2 Å². The molecule has 0 aliphatic carbocycles. The maximum absolute atomic E-state index is 3.50. The smallest absolute Gasteiger partial charge is 0.0340 e. The van der Waals surface area contributed by atoms with E-state index in [9.17, 15) is 0 Å². The van der Waals surface area contributed by atoms with Gasteiger partial charge in [0.1, 0.15) is 0 Å². The quantitative estimate of drug-likeness (QED) is 0.914. The molecule has 1 aliphatic rings. The minimum Gasteiger partial charge on any atom is -0.315 e. The second-order valence-corrected chi connectivity index (χ2v) is 6.91. The van der Waals surface area contributed by atoms with E-state index in [4.69, 9.17) is 0 Å². The summed E-state index contributed by atoms with van der Waals surface area (Å²) in [6, 6.07) is 9.85. The van der Waals surface area contributed by atoms with Crippen LogP contribution in [0.1, 0.15) is 5.56 Å². The van der Waals surface area contributed by atoms with Crippen molar-refractivity contribution in [1.29, 1.82) is 0 Å². The Bertz CT molecular complexity index is 369. The van der Waals surface area contributed by atoms with Crippen LogP contribution in [-0.4, -0.2) is 49.1 Å². The molecule has 1 saturated heterocycles. The van der Waals surface area contributed by atoms with Crippen LogP contribution in [-0.2, 0) is 6.42 Å². The molecule has 2 rings (SSSR count). The number of hydrogen-bond acceptors (Lipinski definition) is 3. The number of halogens is 1. The number of nitrogens with one attached hydrogen (secondary N) is 1. The summed E-state index contributed by atoms with van der Waals surface area (Å²) in [5.41, 5.74) is 1.40. The standard InChI is InChI=1S/C14H21BrN2S/c1-16-13(14-10-18-8-7-17(14)2)9-11-3-5-12(15)6-4-11/h3-6,13-14,16H,7-10H2,1-2H3. The Morgan fingerprint density at radius 2 is 2.17 bits per heavy atom. The maximum atomic E-state index is 3.50. The first-order valence-electron chi connectivity index (χ1n) is 6.40. The SMILES string of the molecule is CNC(Cc1ccc(Br)cc1)C1CSCCN1C. The third-order valence-corrected chi connectivity index (χ3v) is 5.22. The largest absolute Gasteiger partial charge is 0.315 e. The van der Waals surface area contributed by atoms with Crippen LogP contribution >= 0.6 is 27.7 Å². The molecule has 2 unspecified atom stereocenters. The van der Waals surface area contributed by atoms with Crippen molar-refractivity contribution in [3.8, 4) is 0 Å². The molecule has 100 valence electrons. The second kappa shape index (κ2) is 6.94. The van der Waals surface area contributed by atoms with Crippen LogP contribution in [0.5, 0.6) is 0 Å². The van der Waals surface area contributed by atoms with E-state index < -0.39 is 0 Å². The highest BCUT2D eigenvalue weighted by Gasteiger charge is 2.26. The average molecular weight is 329 g/mol. The number of hydrogen-bond donors (Lipinski definition) is 1. The van der Waals surface area contributed by atoms with Crippen molar-refractivity contribution in [2.24, 2.45) is 0 Å². The summed E-state index contributed by atoms with van der Waals surface area (Å²) in [5.74, 6) is 2.50. The lowest BCUT2D eigenvalue weighted by molar-refractivity contribution is 0.219. The van der Waals surface area contributed by atoms with Crippen molar-refractivity contribution in [3.63, 3.8) is 0 Å². The highest BCUT2D eigenvalue weighted by atomic mass is 79.9. The van der Waals surface area contributed by atoms with E-state index in [1.165, 1.54) is 23.6 Å². The fourth-order valence-electron chi connectivity index (χ4n) is 2.43. The number of likely N-dealkylation sites (N-methyl/N-ethyl adjacent to an activating group) is 2. The Kier molecular flexibility index (Phi) is 5.55. The lowest BCUT2D eigenvalue weighted by atomic mass is 9.99. The van der Waals surface area contributed by atoms with E-state index in [1.54, 1.807) is 0 Å². The highest BCUT2D eigenvalue weighted by molar-refractivity contribution is 9.10. The molecule has 2 nitrogen and oxygen atoms in total. The third-order valence-electron chi connectivity index (χ3n) is 3.65. The topological polar surface area (TPSA) is 15.3 Å². The monoisotopic (exact) mass is 328 g/mol. The molecule has 0 spiro atoms. The molecular weight excluding hydrogens is 308 g/mol. The van der Waals surface area contributed by atoms with Crippen molar-refractivity contribution < 1.29 is 0 Å². The Balaban J connectivity index is 2.02. The van der Waals surface area contributed by atoms with Crippen molar-refractivity contribution in [2.45, 2.75) is 18.5 Å². The second-order valence-electron chi connectivity index (χ2n) is 4.85. The molecule has 1 fully saturated rings. The normalized spacial score (nSPS) is 22.9. The van der Waals surface area contributed by atoms with Gasteiger partial charge in [0, 0.05) is 34.6 Å². The first-order valence-corrected chi connectivity index (χ1v) is 8.35. The zero-order valence-corrected chi connectivity index (χ0v) is 13.4. The Labute approximate surface area is 123 Å². The van der Waals surface area contributed by atoms with Crippen molar-refractivity contribution in [3.05, 3.63) is 34.3 Å². The molecule has 0 amide bonds. The van der Waals surface area contributed by atoms with Gasteiger partial charge in [0.15, 0.2) is 0 Å². The molecule has 2 atom stereocenters. The van der Waals surface area contributed by atoms with Crippen molar-refractivity contribution in [2.75, 3.05) is 32.1 Å². The van der Waals surface area contributed by atoms with Crippen LogP contribution < -0.4 is 5.32 Å². The summed E-state index contributed by atoms with van der Waals surface area (Å²) in [4.78, 5) is 2.50. The molecule has 1 aromatic rings. The summed E-state index contributed by atoms with van der Waals surface area (Å²) in [7, 11) is 4.33. The summed E-state index contributed by atoms with van der Waals surface area (Å²) in [5, 5.41) is 3.50. The zero-order chi connectivity index (χ0) is 13.0. The Morgan fingerprint density at radius 1 is 1.44 bits per heavy atom. The number of nitrogens with zero attached hydrogens (tertiary/aromatic N) is 1. The minimum absolute atomic E-state index is 0.531. The molecule has 18 heavy (non-hydrogen) atoms. The van der Waals surface area contributed by atoms with Gasteiger partial charge >= 0.3 is 0 Å². The van der Waals surface area contributed by atoms with Gasteiger partial charge in [0.05, 0.1) is 0 Å². The van der Waals surface area contributed by atoms with E-state index in [2.05, 4.69) is 76.3 Å². The Morgan fingerprint density at radius 3 is 2.78 bits per heavy atom. The van der Waals surface area contributed by atoms with Crippen LogP contribution in [0.3, 0.4) is 0 Å². The minimum atomic E-state index is 0.531. The molecule has 4 heteroatoms. The van der Waals surface area contributed by atoms with E-state index in [0.717, 1.165) is 10.9 Å². The van der Waals surface area contributed by atoms with Gasteiger partial charge in [-0.15, -0.1) is 0 Å². The van der Waals surface area contributed by atoms with Crippen LogP contribution in [0.15, 0.2) is 28.7 Å². The van der Waals surface area contributed by atoms with Crippen molar-refractivity contribution >= 4 is 27.7 Å². The van der Waals surface area contributed by atoms with Gasteiger partial charge in [-0.25, -0.2) is 0 Å². The Hall–Kier alpha value is -0.0300. The average Bonchev–Trinajstić information content (AvgIpc) is 2.39. The van der Waals surface area contributed by atoms with Gasteiger partial charge in [-0.1, -0.05) is 28.1 Å². The highest BCUT2D eigenvalue weighted by Crippen LogP contribution is 2.20. The molecule has 0 radical (unpaired) electrons. The number of rotatable bonds is 4. The van der Waals surface area contributed by atoms with Gasteiger partial charge in [-0.05, 0) is 38.2 Å². The van der Waals surface area contributed by atoms with E-state index in [0.29, 0.717) is 12.1 Å². The first-order chi connectivity index (χ1) is 8.70. The molecule has 0 aromatic heterocycles. The van der Waals surface area contributed by atoms with E-state index >= 15 is 0 Å². The fourth-order valence-corrected chi connectivity index (χ4v) is 4.01. The molecule has 0 saturated carbocycles. The number of thioether (sulfide) groups is 1. The molecular formula is C14H21BrN2S. The maximum Gasteiger partial charge on any atom is 0.0340 e. The molecule has 1 heterocycles. The summed E-state index contributed by atoms with van der Waals surface area (Å²) < 4.78 is 1.15. The zero-order valence-electron chi connectivity index (χ0n) is 11.0. The van der Waals surface area contributed by atoms with Crippen LogP contribution in [0.4, 0.5) is 0 Å². The molecule has 1 N–H and O–H groups in total. The number of benzene rings is 1. The molecule has 1 aliphatic heterocycles. The van der Waals surface area contributed by atoms with Gasteiger partial charge in [0.2, 0.25) is 0 Å².